The van der Waals surface area contributed by atoms with E-state index in [1.54, 1.807) is 23.7 Å². The van der Waals surface area contributed by atoms with Crippen LogP contribution in [0, 0.1) is 0 Å². The second-order valence-electron chi connectivity index (χ2n) is 5.28. The highest BCUT2D eigenvalue weighted by atomic mass is 32.2. The Morgan fingerprint density at radius 1 is 1.16 bits per heavy atom. The molecule has 2 aromatic carbocycles. The maximum absolute atomic E-state index is 12.4. The van der Waals surface area contributed by atoms with Crippen LogP contribution in [0.2, 0.25) is 0 Å². The number of carbonyl (C=O) groups is 2. The van der Waals surface area contributed by atoms with Gasteiger partial charge in [0.05, 0.1) is 17.8 Å². The fourth-order valence-corrected chi connectivity index (χ4v) is 3.92. The largest absolute Gasteiger partial charge is 0.345 e. The number of aromatic nitrogens is 2. The van der Waals surface area contributed by atoms with Crippen LogP contribution >= 0.6 is 23.1 Å². The number of hydrogen-bond acceptors (Lipinski definition) is 6. The molecule has 2 amide bonds. The zero-order valence-corrected chi connectivity index (χ0v) is 14.5. The van der Waals surface area contributed by atoms with E-state index in [2.05, 4.69) is 20.8 Å². The summed E-state index contributed by atoms with van der Waals surface area (Å²) in [5.41, 5.74) is 3.37. The minimum absolute atomic E-state index is 0.173. The van der Waals surface area contributed by atoms with E-state index < -0.39 is 0 Å². The summed E-state index contributed by atoms with van der Waals surface area (Å²) in [6, 6.07) is 12.7. The standard InChI is InChI=1S/C17H12N4O2S2/c22-16(18-8-15-21-19-9-24-15)10-5-6-14-12(7-10)20-17(23)11-3-1-2-4-13(11)25-14/h1-7,9H,8H2,(H,18,22)(H,20,23). The minimum atomic E-state index is -0.223. The average Bonchev–Trinajstić information content (AvgIpc) is 3.10. The van der Waals surface area contributed by atoms with E-state index >= 15 is 0 Å². The Hall–Kier alpha value is -2.71. The third-order valence-electron chi connectivity index (χ3n) is 3.65. The lowest BCUT2D eigenvalue weighted by molar-refractivity contribution is 0.0949. The zero-order chi connectivity index (χ0) is 17.2. The summed E-state index contributed by atoms with van der Waals surface area (Å²) in [6.07, 6.45) is 0. The van der Waals surface area contributed by atoms with Crippen LogP contribution in [-0.4, -0.2) is 22.0 Å². The predicted octanol–water partition coefficient (Wildman–Crippen LogP) is 3.19. The summed E-state index contributed by atoms with van der Waals surface area (Å²) in [4.78, 5) is 26.5. The molecule has 2 N–H and O–H groups in total. The number of fused-ring (bicyclic) bond motifs is 2. The molecule has 6 nitrogen and oxygen atoms in total. The van der Waals surface area contributed by atoms with Gasteiger partial charge in [-0.15, -0.1) is 21.5 Å². The molecular formula is C17H12N4O2S2. The number of benzene rings is 2. The molecule has 0 bridgehead atoms. The van der Waals surface area contributed by atoms with Crippen molar-refractivity contribution in [2.24, 2.45) is 0 Å². The van der Waals surface area contributed by atoms with Crippen molar-refractivity contribution in [3.8, 4) is 0 Å². The van der Waals surface area contributed by atoms with Gasteiger partial charge in [0.2, 0.25) is 0 Å². The third-order valence-corrected chi connectivity index (χ3v) is 5.50. The summed E-state index contributed by atoms with van der Waals surface area (Å²) in [6.45, 7) is 0.327. The number of nitrogens with one attached hydrogen (secondary N) is 2. The van der Waals surface area contributed by atoms with Gasteiger partial charge in [-0.2, -0.15) is 0 Å². The molecule has 3 aromatic rings. The van der Waals surface area contributed by atoms with Crippen molar-refractivity contribution in [1.82, 2.24) is 15.5 Å². The van der Waals surface area contributed by atoms with E-state index in [1.165, 1.54) is 23.1 Å². The number of amides is 2. The van der Waals surface area contributed by atoms with Crippen molar-refractivity contribution in [3.63, 3.8) is 0 Å². The Kier molecular flexibility index (Phi) is 4.21. The third kappa shape index (κ3) is 3.26. The Bertz CT molecular complexity index is 957. The van der Waals surface area contributed by atoms with Gasteiger partial charge in [0.25, 0.3) is 11.8 Å². The molecule has 0 aliphatic carbocycles. The number of rotatable bonds is 3. The molecule has 0 fully saturated rings. The maximum Gasteiger partial charge on any atom is 0.256 e. The lowest BCUT2D eigenvalue weighted by atomic mass is 10.1. The van der Waals surface area contributed by atoms with Gasteiger partial charge in [-0.25, -0.2) is 0 Å². The topological polar surface area (TPSA) is 84.0 Å². The molecular weight excluding hydrogens is 356 g/mol. The van der Waals surface area contributed by atoms with Crippen LogP contribution in [0.3, 0.4) is 0 Å². The molecule has 25 heavy (non-hydrogen) atoms. The monoisotopic (exact) mass is 368 g/mol. The first-order valence-corrected chi connectivity index (χ1v) is 9.16. The van der Waals surface area contributed by atoms with E-state index in [9.17, 15) is 9.59 Å². The van der Waals surface area contributed by atoms with Crippen LogP contribution in [0.25, 0.3) is 0 Å². The van der Waals surface area contributed by atoms with Gasteiger partial charge in [-0.1, -0.05) is 23.9 Å². The van der Waals surface area contributed by atoms with Gasteiger partial charge < -0.3 is 10.6 Å². The maximum atomic E-state index is 12.4. The van der Waals surface area contributed by atoms with Gasteiger partial charge in [0.15, 0.2) is 0 Å². The Morgan fingerprint density at radius 3 is 2.88 bits per heavy atom. The predicted molar refractivity (Wildman–Crippen MR) is 96.0 cm³/mol. The molecule has 0 atom stereocenters. The fraction of sp³-hybridized carbons (Fsp3) is 0.0588. The first kappa shape index (κ1) is 15.8. The fourth-order valence-electron chi connectivity index (χ4n) is 2.44. The van der Waals surface area contributed by atoms with Gasteiger partial charge in [-0.05, 0) is 30.3 Å². The molecule has 0 unspecified atom stereocenters. The molecule has 0 saturated carbocycles. The molecule has 2 heterocycles. The summed E-state index contributed by atoms with van der Waals surface area (Å²) < 4.78 is 0. The van der Waals surface area contributed by atoms with E-state index in [-0.39, 0.29) is 11.8 Å². The molecule has 124 valence electrons. The number of hydrogen-bond donors (Lipinski definition) is 2. The highest BCUT2D eigenvalue weighted by molar-refractivity contribution is 7.99. The number of nitrogens with zero attached hydrogens (tertiary/aromatic N) is 2. The molecule has 8 heteroatoms. The first-order chi connectivity index (χ1) is 12.2. The first-order valence-electron chi connectivity index (χ1n) is 7.46. The van der Waals surface area contributed by atoms with Crippen LogP contribution in [-0.2, 0) is 6.54 Å². The Balaban J connectivity index is 1.57. The van der Waals surface area contributed by atoms with E-state index in [1.807, 2.05) is 24.3 Å². The molecule has 0 saturated heterocycles. The minimum Gasteiger partial charge on any atom is -0.345 e. The summed E-state index contributed by atoms with van der Waals surface area (Å²) in [5.74, 6) is -0.396. The van der Waals surface area contributed by atoms with Crippen molar-refractivity contribution >= 4 is 40.6 Å². The average molecular weight is 368 g/mol. The quantitative estimate of drug-likeness (QED) is 0.742. The van der Waals surface area contributed by atoms with Gasteiger partial charge >= 0.3 is 0 Å². The Labute approximate surface area is 151 Å². The van der Waals surface area contributed by atoms with Crippen molar-refractivity contribution in [3.05, 3.63) is 64.1 Å². The molecule has 1 aliphatic heterocycles. The van der Waals surface area contributed by atoms with Crippen LogP contribution in [0.1, 0.15) is 25.7 Å². The highest BCUT2D eigenvalue weighted by Crippen LogP contribution is 2.38. The van der Waals surface area contributed by atoms with E-state index in [4.69, 9.17) is 0 Å². The van der Waals surface area contributed by atoms with E-state index in [0.29, 0.717) is 23.4 Å². The number of carbonyl (C=O) groups excluding carboxylic acids is 2. The SMILES string of the molecule is O=C(NCc1nncs1)c1ccc2c(c1)NC(=O)c1ccccc1S2. The van der Waals surface area contributed by atoms with Gasteiger partial charge in [0.1, 0.15) is 10.5 Å². The van der Waals surface area contributed by atoms with Crippen molar-refractivity contribution < 1.29 is 9.59 Å². The van der Waals surface area contributed by atoms with Crippen LogP contribution < -0.4 is 10.6 Å². The molecule has 4 rings (SSSR count). The molecule has 1 aliphatic rings. The van der Waals surface area contributed by atoms with Crippen molar-refractivity contribution in [1.29, 1.82) is 0 Å². The lowest BCUT2D eigenvalue weighted by Gasteiger charge is -2.09. The lowest BCUT2D eigenvalue weighted by Crippen LogP contribution is -2.23. The Morgan fingerprint density at radius 2 is 2.04 bits per heavy atom. The number of anilines is 1. The molecule has 1 aromatic heterocycles. The van der Waals surface area contributed by atoms with Crippen LogP contribution in [0.4, 0.5) is 5.69 Å². The molecule has 0 radical (unpaired) electrons. The van der Waals surface area contributed by atoms with Crippen LogP contribution in [0.5, 0.6) is 0 Å². The molecule has 0 spiro atoms. The summed E-state index contributed by atoms with van der Waals surface area (Å²) in [7, 11) is 0. The zero-order valence-electron chi connectivity index (χ0n) is 12.9. The second kappa shape index (κ2) is 6.66. The van der Waals surface area contributed by atoms with Crippen molar-refractivity contribution in [2.45, 2.75) is 16.3 Å². The highest BCUT2D eigenvalue weighted by Gasteiger charge is 2.20. The summed E-state index contributed by atoms with van der Waals surface area (Å²) in [5, 5.41) is 14.1. The van der Waals surface area contributed by atoms with Crippen molar-refractivity contribution in [2.75, 3.05) is 5.32 Å². The summed E-state index contributed by atoms with van der Waals surface area (Å²) >= 11 is 2.89. The van der Waals surface area contributed by atoms with Gasteiger partial charge in [-0.3, -0.25) is 9.59 Å². The second-order valence-corrected chi connectivity index (χ2v) is 7.28. The smallest absolute Gasteiger partial charge is 0.256 e. The van der Waals surface area contributed by atoms with E-state index in [0.717, 1.165) is 14.8 Å². The van der Waals surface area contributed by atoms with Crippen LogP contribution in [0.15, 0.2) is 57.8 Å². The normalized spacial score (nSPS) is 12.6. The van der Waals surface area contributed by atoms with Gasteiger partial charge in [0, 0.05) is 15.4 Å².